The SMILES string of the molecule is CCC(C)NCC#Cc1ccccc1.Cl. The normalized spacial score (nSPS) is 10.8. The maximum Gasteiger partial charge on any atom is 0.0582 e. The Hall–Kier alpha value is -0.970. The van der Waals surface area contributed by atoms with E-state index in [9.17, 15) is 0 Å². The molecule has 1 aromatic rings. The van der Waals surface area contributed by atoms with Crippen molar-refractivity contribution in [1.29, 1.82) is 0 Å². The monoisotopic (exact) mass is 223 g/mol. The Balaban J connectivity index is 0.00000196. The Bertz CT molecular complexity index is 310. The summed E-state index contributed by atoms with van der Waals surface area (Å²) in [6, 6.07) is 10.6. The van der Waals surface area contributed by atoms with E-state index in [0.29, 0.717) is 6.04 Å². The molecule has 1 nitrogen and oxygen atoms in total. The van der Waals surface area contributed by atoms with Crippen LogP contribution in [0.15, 0.2) is 30.3 Å². The highest BCUT2D eigenvalue weighted by atomic mass is 35.5. The van der Waals surface area contributed by atoms with Crippen LogP contribution >= 0.6 is 12.4 Å². The van der Waals surface area contributed by atoms with Gasteiger partial charge in [0.05, 0.1) is 6.54 Å². The lowest BCUT2D eigenvalue weighted by Crippen LogP contribution is -2.25. The maximum atomic E-state index is 3.33. The van der Waals surface area contributed by atoms with Crippen LogP contribution in [0.4, 0.5) is 0 Å². The molecule has 15 heavy (non-hydrogen) atoms. The van der Waals surface area contributed by atoms with Gasteiger partial charge >= 0.3 is 0 Å². The predicted molar refractivity (Wildman–Crippen MR) is 68.3 cm³/mol. The van der Waals surface area contributed by atoms with E-state index in [-0.39, 0.29) is 12.4 Å². The van der Waals surface area contributed by atoms with Crippen LogP contribution in [0.1, 0.15) is 25.8 Å². The van der Waals surface area contributed by atoms with E-state index in [0.717, 1.165) is 18.5 Å². The lowest BCUT2D eigenvalue weighted by atomic mass is 10.2. The molecule has 1 rings (SSSR count). The van der Waals surface area contributed by atoms with E-state index in [2.05, 4.69) is 31.0 Å². The Morgan fingerprint density at radius 1 is 1.27 bits per heavy atom. The van der Waals surface area contributed by atoms with Crippen LogP contribution in [-0.2, 0) is 0 Å². The van der Waals surface area contributed by atoms with Crippen molar-refractivity contribution in [3.8, 4) is 11.8 Å². The van der Waals surface area contributed by atoms with Crippen LogP contribution in [0, 0.1) is 11.8 Å². The number of hydrogen-bond acceptors (Lipinski definition) is 1. The summed E-state index contributed by atoms with van der Waals surface area (Å²) in [5.74, 6) is 6.22. The minimum absolute atomic E-state index is 0. The van der Waals surface area contributed by atoms with Crippen molar-refractivity contribution >= 4 is 12.4 Å². The summed E-state index contributed by atoms with van der Waals surface area (Å²) in [5.41, 5.74) is 1.08. The molecule has 1 atom stereocenters. The van der Waals surface area contributed by atoms with Gasteiger partial charge in [-0.2, -0.15) is 0 Å². The summed E-state index contributed by atoms with van der Waals surface area (Å²) < 4.78 is 0. The molecule has 0 radical (unpaired) electrons. The third-order valence-electron chi connectivity index (χ3n) is 2.16. The van der Waals surface area contributed by atoms with E-state index in [1.807, 2.05) is 30.3 Å². The molecule has 0 saturated carbocycles. The molecule has 0 bridgehead atoms. The maximum absolute atomic E-state index is 3.33. The standard InChI is InChI=1S/C13H17N.ClH/c1-3-12(2)14-11-7-10-13-8-5-4-6-9-13;/h4-6,8-9,12,14H,3,11H2,1-2H3;1H. The zero-order valence-corrected chi connectivity index (χ0v) is 10.1. The number of halogens is 1. The van der Waals surface area contributed by atoms with Gasteiger partial charge in [-0.05, 0) is 25.5 Å². The fourth-order valence-corrected chi connectivity index (χ4v) is 1.04. The Morgan fingerprint density at radius 2 is 1.93 bits per heavy atom. The second-order valence-corrected chi connectivity index (χ2v) is 3.36. The van der Waals surface area contributed by atoms with Crippen LogP contribution in [0.3, 0.4) is 0 Å². The van der Waals surface area contributed by atoms with Gasteiger partial charge < -0.3 is 5.32 Å². The lowest BCUT2D eigenvalue weighted by molar-refractivity contribution is 0.571. The molecule has 0 amide bonds. The van der Waals surface area contributed by atoms with E-state index in [1.54, 1.807) is 0 Å². The first-order chi connectivity index (χ1) is 6.83. The quantitative estimate of drug-likeness (QED) is 0.778. The fraction of sp³-hybridized carbons (Fsp3) is 0.385. The summed E-state index contributed by atoms with van der Waals surface area (Å²) in [7, 11) is 0. The van der Waals surface area contributed by atoms with Crippen molar-refractivity contribution in [1.82, 2.24) is 5.32 Å². The highest BCUT2D eigenvalue weighted by Crippen LogP contribution is 1.94. The molecule has 2 heteroatoms. The summed E-state index contributed by atoms with van der Waals surface area (Å²) in [6.07, 6.45) is 1.15. The third-order valence-corrected chi connectivity index (χ3v) is 2.16. The minimum atomic E-state index is 0. The highest BCUT2D eigenvalue weighted by molar-refractivity contribution is 5.85. The summed E-state index contributed by atoms with van der Waals surface area (Å²) in [5, 5.41) is 3.33. The van der Waals surface area contributed by atoms with Crippen molar-refractivity contribution in [3.63, 3.8) is 0 Å². The van der Waals surface area contributed by atoms with E-state index < -0.39 is 0 Å². The van der Waals surface area contributed by atoms with Crippen molar-refractivity contribution in [2.75, 3.05) is 6.54 Å². The smallest absolute Gasteiger partial charge is 0.0582 e. The summed E-state index contributed by atoms with van der Waals surface area (Å²) in [4.78, 5) is 0. The van der Waals surface area contributed by atoms with E-state index >= 15 is 0 Å². The van der Waals surface area contributed by atoms with E-state index in [4.69, 9.17) is 0 Å². The average Bonchev–Trinajstić information content (AvgIpc) is 2.25. The Morgan fingerprint density at radius 3 is 2.53 bits per heavy atom. The number of nitrogens with one attached hydrogen (secondary N) is 1. The molecule has 1 unspecified atom stereocenters. The molecule has 1 N–H and O–H groups in total. The van der Waals surface area contributed by atoms with Crippen molar-refractivity contribution in [2.24, 2.45) is 0 Å². The first kappa shape index (κ1) is 14.0. The lowest BCUT2D eigenvalue weighted by Gasteiger charge is -2.06. The van der Waals surface area contributed by atoms with Crippen LogP contribution < -0.4 is 5.32 Å². The van der Waals surface area contributed by atoms with Gasteiger partial charge in [0.2, 0.25) is 0 Å². The van der Waals surface area contributed by atoms with Gasteiger partial charge in [0.15, 0.2) is 0 Å². The second kappa shape index (κ2) is 8.35. The topological polar surface area (TPSA) is 12.0 Å². The Labute approximate surface area is 98.7 Å². The molecular weight excluding hydrogens is 206 g/mol. The molecule has 82 valence electrons. The first-order valence-electron chi connectivity index (χ1n) is 5.10. The second-order valence-electron chi connectivity index (χ2n) is 3.36. The molecule has 0 heterocycles. The number of hydrogen-bond donors (Lipinski definition) is 1. The van der Waals surface area contributed by atoms with Gasteiger partial charge in [-0.1, -0.05) is 37.0 Å². The predicted octanol–water partition coefficient (Wildman–Crippen LogP) is 2.85. The van der Waals surface area contributed by atoms with Crippen LogP contribution in [0.25, 0.3) is 0 Å². The Kier molecular flexibility index (Phi) is 7.81. The zero-order valence-electron chi connectivity index (χ0n) is 9.29. The van der Waals surface area contributed by atoms with E-state index in [1.165, 1.54) is 0 Å². The van der Waals surface area contributed by atoms with Crippen molar-refractivity contribution in [2.45, 2.75) is 26.3 Å². The fourth-order valence-electron chi connectivity index (χ4n) is 1.04. The molecule has 1 aromatic carbocycles. The number of rotatable bonds is 3. The van der Waals surface area contributed by atoms with Gasteiger partial charge in [-0.3, -0.25) is 0 Å². The molecule has 0 spiro atoms. The third kappa shape index (κ3) is 6.17. The van der Waals surface area contributed by atoms with Crippen LogP contribution in [0.5, 0.6) is 0 Å². The summed E-state index contributed by atoms with van der Waals surface area (Å²) in [6.45, 7) is 5.11. The molecule has 0 aliphatic rings. The average molecular weight is 224 g/mol. The van der Waals surface area contributed by atoms with Crippen LogP contribution in [-0.4, -0.2) is 12.6 Å². The molecule has 0 fully saturated rings. The van der Waals surface area contributed by atoms with Gasteiger partial charge in [0.1, 0.15) is 0 Å². The first-order valence-corrected chi connectivity index (χ1v) is 5.10. The van der Waals surface area contributed by atoms with Crippen molar-refractivity contribution < 1.29 is 0 Å². The molecular formula is C13H18ClN. The highest BCUT2D eigenvalue weighted by Gasteiger charge is 1.92. The molecule has 0 saturated heterocycles. The molecule has 0 aliphatic heterocycles. The van der Waals surface area contributed by atoms with Gasteiger partial charge in [0.25, 0.3) is 0 Å². The van der Waals surface area contributed by atoms with Crippen LogP contribution in [0.2, 0.25) is 0 Å². The largest absolute Gasteiger partial charge is 0.304 e. The number of benzene rings is 1. The van der Waals surface area contributed by atoms with Gasteiger partial charge in [-0.15, -0.1) is 12.4 Å². The minimum Gasteiger partial charge on any atom is -0.304 e. The van der Waals surface area contributed by atoms with Gasteiger partial charge in [-0.25, -0.2) is 0 Å². The zero-order chi connectivity index (χ0) is 10.2. The molecule has 0 aromatic heterocycles. The van der Waals surface area contributed by atoms with Crippen molar-refractivity contribution in [3.05, 3.63) is 35.9 Å². The van der Waals surface area contributed by atoms with Gasteiger partial charge in [0, 0.05) is 11.6 Å². The molecule has 0 aliphatic carbocycles. The summed E-state index contributed by atoms with van der Waals surface area (Å²) >= 11 is 0.